The van der Waals surface area contributed by atoms with Gasteiger partial charge in [0.15, 0.2) is 5.96 Å². The highest BCUT2D eigenvalue weighted by molar-refractivity contribution is 5.98. The van der Waals surface area contributed by atoms with Crippen LogP contribution in [0.2, 0.25) is 0 Å². The van der Waals surface area contributed by atoms with Crippen LogP contribution in [-0.2, 0) is 0 Å². The van der Waals surface area contributed by atoms with Crippen molar-refractivity contribution in [3.63, 3.8) is 0 Å². The molecule has 1 aliphatic rings. The van der Waals surface area contributed by atoms with E-state index >= 15 is 0 Å². The Morgan fingerprint density at radius 2 is 1.56 bits per heavy atom. The van der Waals surface area contributed by atoms with Crippen LogP contribution in [0.1, 0.15) is 0 Å². The Hall–Kier alpha value is -1.68. The van der Waals surface area contributed by atoms with Gasteiger partial charge >= 0.3 is 24.0 Å². The number of nitrogens with zero attached hydrogens (tertiary/aromatic N) is 1. The molecular weight excluding hydrogens is 246 g/mol. The van der Waals surface area contributed by atoms with Crippen LogP contribution in [0.5, 0.6) is 0 Å². The number of carbonyl (C=O) groups excluding carboxylic acids is 1. The average Bonchev–Trinajstić information content (AvgIpc) is 1.97. The van der Waals surface area contributed by atoms with Gasteiger partial charge in [0.25, 0.3) is 0 Å². The van der Waals surface area contributed by atoms with Gasteiger partial charge in [0.05, 0.1) is 0 Å². The molecule has 1 aliphatic heterocycles. The summed E-state index contributed by atoms with van der Waals surface area (Å²) in [5.41, 5.74) is -0.0298. The molecule has 0 atom stereocenters. The molecule has 92 valence electrons. The zero-order chi connectivity index (χ0) is 12.8. The smallest absolute Gasteiger partial charge is 0.369 e. The lowest BCUT2D eigenvalue weighted by molar-refractivity contribution is -0.301. The molecule has 5 nitrogen and oxygen atoms in total. The van der Waals surface area contributed by atoms with E-state index in [9.17, 15) is 31.1 Å². The van der Waals surface area contributed by atoms with Gasteiger partial charge in [-0.2, -0.15) is 26.3 Å². The minimum atomic E-state index is -5.85. The number of alkyl halides is 6. The summed E-state index contributed by atoms with van der Waals surface area (Å²) in [7, 11) is 0. The molecule has 0 bridgehead atoms. The second-order valence-corrected chi connectivity index (χ2v) is 2.78. The minimum absolute atomic E-state index is 0.673. The van der Waals surface area contributed by atoms with E-state index in [4.69, 9.17) is 0 Å². The number of nitrogens with two attached hydrogens (primary N) is 1. The summed E-state index contributed by atoms with van der Waals surface area (Å²) >= 11 is 0. The van der Waals surface area contributed by atoms with Crippen LogP contribution in [0, 0.1) is 0 Å². The number of nitrogens with one attached hydrogen (secondary N) is 2. The summed E-state index contributed by atoms with van der Waals surface area (Å²) in [6.07, 6.45) is -11.7. The molecule has 1 rings (SSSR count). The molecule has 11 heteroatoms. The van der Waals surface area contributed by atoms with E-state index < -0.39 is 30.0 Å². The third-order valence-corrected chi connectivity index (χ3v) is 1.64. The molecule has 1 heterocycles. The first-order chi connectivity index (χ1) is 6.99. The number of urea groups is 1. The first-order valence-electron chi connectivity index (χ1n) is 3.57. The van der Waals surface area contributed by atoms with E-state index in [0.29, 0.717) is 5.32 Å². The molecule has 0 aromatic heterocycles. The van der Waals surface area contributed by atoms with Gasteiger partial charge in [-0.3, -0.25) is 10.6 Å². The van der Waals surface area contributed by atoms with E-state index in [1.807, 2.05) is 0 Å². The predicted molar refractivity (Wildman–Crippen MR) is 38.1 cm³/mol. The van der Waals surface area contributed by atoms with Crippen molar-refractivity contribution in [2.45, 2.75) is 18.0 Å². The average molecular weight is 250 g/mol. The Morgan fingerprint density at radius 1 is 1.12 bits per heavy atom. The van der Waals surface area contributed by atoms with Crippen molar-refractivity contribution in [1.82, 2.24) is 10.6 Å². The maximum Gasteiger partial charge on any atom is 0.441 e. The number of aliphatic imine (C=N–C) groups is 1. The predicted octanol–water partition coefficient (Wildman–Crippen LogP) is 0.435. The third kappa shape index (κ3) is 1.72. The third-order valence-electron chi connectivity index (χ3n) is 1.64. The van der Waals surface area contributed by atoms with Crippen LogP contribution in [-0.4, -0.2) is 30.0 Å². The Balaban J connectivity index is 3.37. The van der Waals surface area contributed by atoms with Gasteiger partial charge < -0.3 is 5.73 Å². The van der Waals surface area contributed by atoms with Crippen molar-refractivity contribution in [3.05, 3.63) is 0 Å². The molecule has 0 aliphatic carbocycles. The largest absolute Gasteiger partial charge is 0.441 e. The van der Waals surface area contributed by atoms with Gasteiger partial charge in [-0.1, -0.05) is 0 Å². The van der Waals surface area contributed by atoms with Crippen LogP contribution in [0.3, 0.4) is 0 Å². The topological polar surface area (TPSA) is 79.5 Å². The lowest BCUT2D eigenvalue weighted by Gasteiger charge is -2.36. The van der Waals surface area contributed by atoms with Crippen molar-refractivity contribution in [1.29, 1.82) is 0 Å². The van der Waals surface area contributed by atoms with Crippen LogP contribution < -0.4 is 16.4 Å². The molecule has 0 radical (unpaired) electrons. The molecule has 16 heavy (non-hydrogen) atoms. The van der Waals surface area contributed by atoms with Gasteiger partial charge in [0.1, 0.15) is 0 Å². The number of amides is 2. The maximum absolute atomic E-state index is 12.3. The molecule has 0 aromatic carbocycles. The molecule has 0 spiro atoms. The number of guanidine groups is 1. The summed E-state index contributed by atoms with van der Waals surface area (Å²) in [6, 6.07) is -1.73. The Morgan fingerprint density at radius 3 is 1.88 bits per heavy atom. The molecule has 0 aromatic rings. The highest BCUT2D eigenvalue weighted by Crippen LogP contribution is 2.44. The SMILES string of the molecule is NC1=NC(C(F)(F)F)(C(F)(F)F)NC(=O)N1. The van der Waals surface area contributed by atoms with Crippen molar-refractivity contribution in [2.24, 2.45) is 10.7 Å². The van der Waals surface area contributed by atoms with Gasteiger partial charge in [0, 0.05) is 0 Å². The summed E-state index contributed by atoms with van der Waals surface area (Å²) in [6.45, 7) is 0. The van der Waals surface area contributed by atoms with E-state index in [1.165, 1.54) is 5.32 Å². The molecule has 0 fully saturated rings. The number of carbonyl (C=O) groups is 1. The fraction of sp³-hybridized carbons (Fsp3) is 0.600. The minimum Gasteiger partial charge on any atom is -0.369 e. The highest BCUT2D eigenvalue weighted by Gasteiger charge is 2.74. The van der Waals surface area contributed by atoms with Crippen LogP contribution in [0.25, 0.3) is 0 Å². The summed E-state index contributed by atoms with van der Waals surface area (Å²) in [5, 5.41) is 2.13. The number of hydrogen-bond donors (Lipinski definition) is 3. The van der Waals surface area contributed by atoms with E-state index in [0.717, 1.165) is 0 Å². The zero-order valence-corrected chi connectivity index (χ0v) is 7.20. The van der Waals surface area contributed by atoms with Crippen LogP contribution in [0.4, 0.5) is 31.1 Å². The monoisotopic (exact) mass is 250 g/mol. The van der Waals surface area contributed by atoms with E-state index in [1.54, 1.807) is 0 Å². The number of halogens is 6. The van der Waals surface area contributed by atoms with Crippen molar-refractivity contribution in [2.75, 3.05) is 0 Å². The van der Waals surface area contributed by atoms with Gasteiger partial charge in [0.2, 0.25) is 0 Å². The maximum atomic E-state index is 12.3. The highest BCUT2D eigenvalue weighted by atomic mass is 19.4. The lowest BCUT2D eigenvalue weighted by atomic mass is 10.1. The standard InChI is InChI=1S/C5H4F6N4O/c6-4(7,8)3(5(9,10)11)14-1(12)13-2(16)15-3/h(H4,12,13,14,15,16). The van der Waals surface area contributed by atoms with Gasteiger partial charge in [-0.05, 0) is 0 Å². The van der Waals surface area contributed by atoms with Crippen LogP contribution in [0.15, 0.2) is 4.99 Å². The molecular formula is C5H4F6N4O. The van der Waals surface area contributed by atoms with E-state index in [2.05, 4.69) is 10.7 Å². The zero-order valence-electron chi connectivity index (χ0n) is 7.20. The van der Waals surface area contributed by atoms with Gasteiger partial charge in [-0.25, -0.2) is 9.79 Å². The Kier molecular flexibility index (Phi) is 2.44. The van der Waals surface area contributed by atoms with Crippen molar-refractivity contribution >= 4 is 12.0 Å². The van der Waals surface area contributed by atoms with Crippen LogP contribution >= 0.6 is 0 Å². The van der Waals surface area contributed by atoms with Gasteiger partial charge in [-0.15, -0.1) is 0 Å². The quantitative estimate of drug-likeness (QED) is 0.545. The second kappa shape index (κ2) is 3.15. The van der Waals surface area contributed by atoms with E-state index in [-0.39, 0.29) is 0 Å². The number of rotatable bonds is 0. The molecule has 0 unspecified atom stereocenters. The first kappa shape index (κ1) is 12.4. The summed E-state index contributed by atoms with van der Waals surface area (Å²) in [4.78, 5) is 12.8. The Labute approximate surface area is 83.7 Å². The lowest BCUT2D eigenvalue weighted by Crippen LogP contribution is -2.72. The second-order valence-electron chi connectivity index (χ2n) is 2.78. The molecule has 4 N–H and O–H groups in total. The Bertz CT molecular complexity index is 330. The molecule has 0 saturated heterocycles. The van der Waals surface area contributed by atoms with Crippen molar-refractivity contribution in [3.8, 4) is 0 Å². The molecule has 2 amide bonds. The fourth-order valence-corrected chi connectivity index (χ4v) is 0.978. The number of hydrogen-bond acceptors (Lipinski definition) is 3. The first-order valence-corrected chi connectivity index (χ1v) is 3.57. The fourth-order valence-electron chi connectivity index (χ4n) is 0.978. The molecule has 0 saturated carbocycles. The summed E-state index contributed by atoms with van der Waals surface area (Å²) < 4.78 is 73.9. The normalized spacial score (nSPS) is 20.9. The summed E-state index contributed by atoms with van der Waals surface area (Å²) in [5.74, 6) is -1.27. The van der Waals surface area contributed by atoms with Crippen molar-refractivity contribution < 1.29 is 31.1 Å².